The van der Waals surface area contributed by atoms with E-state index in [4.69, 9.17) is 9.47 Å². The van der Waals surface area contributed by atoms with E-state index in [1.165, 1.54) is 11.3 Å². The average molecular weight is 586 g/mol. The van der Waals surface area contributed by atoms with E-state index in [9.17, 15) is 24.0 Å². The minimum absolute atomic E-state index is 0.0125. The van der Waals surface area contributed by atoms with Gasteiger partial charge in [0, 0.05) is 34.8 Å². The number of amides is 1. The zero-order valence-electron chi connectivity index (χ0n) is 25.0. The SMILES string of the molecule is COc1cccc2sc(C(=O)C[C@@H](CC(C)C)C(=O)N[C@@H](C[C@@H]3CCCCC3=O)C(=O)COC(=O)C(C)(C)C)cc12. The molecule has 9 heteroatoms. The standard InChI is InChI=1S/C32H43NO7S/c1-19(2)14-21(16-25(35)29-17-22-27(39-6)12-9-13-28(22)41-29)30(37)33-23(15-20-10-7-8-11-24(20)34)26(36)18-40-31(38)32(3,4)5/h9,12-13,17,19-21,23H,7-8,10-11,14-16,18H2,1-6H3,(H,33,37)/t20-,21+,23-/m0/s1. The molecular weight excluding hydrogens is 542 g/mol. The van der Waals surface area contributed by atoms with Crippen LogP contribution >= 0.6 is 11.3 Å². The summed E-state index contributed by atoms with van der Waals surface area (Å²) < 4.78 is 11.6. The fraction of sp³-hybridized carbons (Fsp3) is 0.594. The molecule has 2 aromatic rings. The molecule has 3 rings (SSSR count). The number of hydrogen-bond donors (Lipinski definition) is 1. The molecule has 1 heterocycles. The molecule has 0 saturated heterocycles. The van der Waals surface area contributed by atoms with Crippen LogP contribution in [-0.2, 0) is 23.9 Å². The predicted molar refractivity (Wildman–Crippen MR) is 159 cm³/mol. The number of carbonyl (C=O) groups excluding carboxylic acids is 5. The van der Waals surface area contributed by atoms with Gasteiger partial charge in [-0.2, -0.15) is 0 Å². The van der Waals surface area contributed by atoms with Crippen molar-refractivity contribution in [2.45, 2.75) is 85.6 Å². The molecule has 1 amide bonds. The quantitative estimate of drug-likeness (QED) is 0.229. The number of esters is 1. The molecule has 1 aromatic heterocycles. The van der Waals surface area contributed by atoms with Gasteiger partial charge in [0.25, 0.3) is 0 Å². The van der Waals surface area contributed by atoms with E-state index < -0.39 is 41.6 Å². The summed E-state index contributed by atoms with van der Waals surface area (Å²) in [6, 6.07) is 6.45. The summed E-state index contributed by atoms with van der Waals surface area (Å²) in [5.41, 5.74) is -0.780. The van der Waals surface area contributed by atoms with Gasteiger partial charge < -0.3 is 14.8 Å². The monoisotopic (exact) mass is 585 g/mol. The lowest BCUT2D eigenvalue weighted by molar-refractivity contribution is -0.156. The molecule has 224 valence electrons. The number of carbonyl (C=O) groups is 5. The van der Waals surface area contributed by atoms with Crippen molar-refractivity contribution < 1.29 is 33.4 Å². The zero-order chi connectivity index (χ0) is 30.3. The first kappa shape index (κ1) is 32.4. The highest BCUT2D eigenvalue weighted by molar-refractivity contribution is 7.20. The van der Waals surface area contributed by atoms with E-state index in [1.54, 1.807) is 33.9 Å². The van der Waals surface area contributed by atoms with Gasteiger partial charge in [-0.3, -0.25) is 24.0 Å². The van der Waals surface area contributed by atoms with Crippen LogP contribution in [0.1, 0.15) is 89.2 Å². The van der Waals surface area contributed by atoms with Crippen molar-refractivity contribution in [2.24, 2.45) is 23.2 Å². The third kappa shape index (κ3) is 8.96. The van der Waals surface area contributed by atoms with Gasteiger partial charge >= 0.3 is 5.97 Å². The van der Waals surface area contributed by atoms with Crippen LogP contribution in [0.5, 0.6) is 5.75 Å². The Morgan fingerprint density at radius 3 is 2.49 bits per heavy atom. The van der Waals surface area contributed by atoms with E-state index in [0.717, 1.165) is 22.9 Å². The van der Waals surface area contributed by atoms with Crippen LogP contribution < -0.4 is 10.1 Å². The van der Waals surface area contributed by atoms with Gasteiger partial charge in [0.1, 0.15) is 11.5 Å². The lowest BCUT2D eigenvalue weighted by atomic mass is 9.82. The maximum atomic E-state index is 13.6. The van der Waals surface area contributed by atoms with Crippen LogP contribution in [0.25, 0.3) is 10.1 Å². The number of ether oxygens (including phenoxy) is 2. The average Bonchev–Trinajstić information content (AvgIpc) is 3.36. The predicted octanol–water partition coefficient (Wildman–Crippen LogP) is 5.94. The molecule has 3 atom stereocenters. The highest BCUT2D eigenvalue weighted by Crippen LogP contribution is 2.34. The smallest absolute Gasteiger partial charge is 0.311 e. The largest absolute Gasteiger partial charge is 0.496 e. The normalized spacial score (nSPS) is 17.2. The summed E-state index contributed by atoms with van der Waals surface area (Å²) in [6.07, 6.45) is 3.43. The Balaban J connectivity index is 1.78. The van der Waals surface area contributed by atoms with Crippen molar-refractivity contribution in [2.75, 3.05) is 13.7 Å². The van der Waals surface area contributed by atoms with Crippen molar-refractivity contribution in [1.82, 2.24) is 5.32 Å². The number of ketones is 3. The summed E-state index contributed by atoms with van der Waals surface area (Å²) in [5.74, 6) is -1.65. The molecule has 1 aromatic carbocycles. The van der Waals surface area contributed by atoms with Gasteiger partial charge in [-0.05, 0) is 70.6 Å². The lowest BCUT2D eigenvalue weighted by Crippen LogP contribution is -2.47. The zero-order valence-corrected chi connectivity index (χ0v) is 25.9. The molecule has 8 nitrogen and oxygen atoms in total. The molecule has 0 spiro atoms. The van der Waals surface area contributed by atoms with Crippen LogP contribution in [0, 0.1) is 23.2 Å². The fourth-order valence-electron chi connectivity index (χ4n) is 5.13. The van der Waals surface area contributed by atoms with Crippen LogP contribution in [0.3, 0.4) is 0 Å². The number of Topliss-reactive ketones (excluding diaryl/α,β-unsaturated/α-hetero) is 3. The first-order chi connectivity index (χ1) is 19.3. The molecular formula is C32H43NO7S. The van der Waals surface area contributed by atoms with E-state index >= 15 is 0 Å². The lowest BCUT2D eigenvalue weighted by Gasteiger charge is -2.27. The van der Waals surface area contributed by atoms with E-state index in [1.807, 2.05) is 32.0 Å². The highest BCUT2D eigenvalue weighted by Gasteiger charge is 2.34. The molecule has 1 N–H and O–H groups in total. The van der Waals surface area contributed by atoms with Crippen molar-refractivity contribution in [1.29, 1.82) is 0 Å². The van der Waals surface area contributed by atoms with Crippen LogP contribution in [0.15, 0.2) is 24.3 Å². The van der Waals surface area contributed by atoms with E-state index in [-0.39, 0.29) is 36.2 Å². The molecule has 1 fully saturated rings. The second-order valence-corrected chi connectivity index (χ2v) is 13.5. The van der Waals surface area contributed by atoms with Crippen molar-refractivity contribution in [3.63, 3.8) is 0 Å². The Labute approximate surface area is 246 Å². The first-order valence-electron chi connectivity index (χ1n) is 14.4. The summed E-state index contributed by atoms with van der Waals surface area (Å²) in [6.45, 7) is 8.55. The second-order valence-electron chi connectivity index (χ2n) is 12.4. The number of methoxy groups -OCH3 is 1. The van der Waals surface area contributed by atoms with Crippen LogP contribution in [0.4, 0.5) is 0 Å². The summed E-state index contributed by atoms with van der Waals surface area (Å²) >= 11 is 1.36. The third-order valence-corrected chi connectivity index (χ3v) is 8.58. The van der Waals surface area contributed by atoms with E-state index in [2.05, 4.69) is 5.32 Å². The second kappa shape index (κ2) is 14.2. The van der Waals surface area contributed by atoms with Gasteiger partial charge in [0.05, 0.1) is 23.4 Å². The molecule has 1 aliphatic carbocycles. The molecule has 0 unspecified atom stereocenters. The number of nitrogens with one attached hydrogen (secondary N) is 1. The molecule has 0 bridgehead atoms. The summed E-state index contributed by atoms with van der Waals surface area (Å²) in [4.78, 5) is 65.7. The van der Waals surface area contributed by atoms with Gasteiger partial charge in [-0.15, -0.1) is 11.3 Å². The number of rotatable bonds is 13. The van der Waals surface area contributed by atoms with Crippen LogP contribution in [-0.4, -0.2) is 49.0 Å². The van der Waals surface area contributed by atoms with Gasteiger partial charge in [-0.1, -0.05) is 26.3 Å². The Morgan fingerprint density at radius 2 is 1.85 bits per heavy atom. The maximum Gasteiger partial charge on any atom is 0.311 e. The molecule has 0 radical (unpaired) electrons. The number of thiophene rings is 1. The highest BCUT2D eigenvalue weighted by atomic mass is 32.1. The Bertz CT molecular complexity index is 1270. The van der Waals surface area contributed by atoms with Crippen molar-refractivity contribution >= 4 is 50.6 Å². The first-order valence-corrected chi connectivity index (χ1v) is 15.2. The topological polar surface area (TPSA) is 116 Å². The summed E-state index contributed by atoms with van der Waals surface area (Å²) in [5, 5.41) is 3.70. The van der Waals surface area contributed by atoms with Gasteiger partial charge in [-0.25, -0.2) is 0 Å². The summed E-state index contributed by atoms with van der Waals surface area (Å²) in [7, 11) is 1.58. The Hall–Kier alpha value is -3.07. The van der Waals surface area contributed by atoms with Crippen molar-refractivity contribution in [3.05, 3.63) is 29.1 Å². The Morgan fingerprint density at radius 1 is 1.12 bits per heavy atom. The van der Waals surface area contributed by atoms with Gasteiger partial charge in [0.2, 0.25) is 5.91 Å². The molecule has 0 aliphatic heterocycles. The van der Waals surface area contributed by atoms with E-state index in [0.29, 0.717) is 29.9 Å². The van der Waals surface area contributed by atoms with Gasteiger partial charge in [0.15, 0.2) is 18.2 Å². The molecule has 1 saturated carbocycles. The number of benzene rings is 1. The maximum absolute atomic E-state index is 13.6. The minimum atomic E-state index is -0.985. The Kier molecular flexibility index (Phi) is 11.2. The minimum Gasteiger partial charge on any atom is -0.496 e. The van der Waals surface area contributed by atoms with Crippen LogP contribution in [0.2, 0.25) is 0 Å². The molecule has 41 heavy (non-hydrogen) atoms. The fourth-order valence-corrected chi connectivity index (χ4v) is 6.16. The number of fused-ring (bicyclic) bond motifs is 1. The number of hydrogen-bond acceptors (Lipinski definition) is 8. The molecule has 1 aliphatic rings. The van der Waals surface area contributed by atoms with Crippen molar-refractivity contribution in [3.8, 4) is 5.75 Å². The third-order valence-electron chi connectivity index (χ3n) is 7.44.